The van der Waals surface area contributed by atoms with Crippen LogP contribution in [0.1, 0.15) is 12.8 Å². The van der Waals surface area contributed by atoms with Gasteiger partial charge in [0.05, 0.1) is 6.54 Å². The van der Waals surface area contributed by atoms with Crippen molar-refractivity contribution in [3.05, 3.63) is 11.5 Å². The predicted molar refractivity (Wildman–Crippen MR) is 65.8 cm³/mol. The van der Waals surface area contributed by atoms with Crippen molar-refractivity contribution in [2.24, 2.45) is 0 Å². The fourth-order valence-electron chi connectivity index (χ4n) is 1.75. The quantitative estimate of drug-likeness (QED) is 0.779. The largest absolute Gasteiger partial charge is 0.393 e. The third-order valence-electron chi connectivity index (χ3n) is 2.70. The summed E-state index contributed by atoms with van der Waals surface area (Å²) in [5, 5.41) is 3.07. The minimum absolute atomic E-state index is 0.0524. The lowest BCUT2D eigenvalue weighted by atomic mass is 10.4. The molecule has 1 aliphatic heterocycles. The molecule has 0 saturated carbocycles. The zero-order valence-electron chi connectivity index (χ0n) is 9.32. The first-order valence-corrected chi connectivity index (χ1v) is 5.84. The molecule has 92 valence electrons. The number of carbonyl (C=O) groups is 1. The molecule has 1 aromatic heterocycles. The molecular formula is C10H14ClN5O. The molecule has 1 fully saturated rings. The fraction of sp³-hybridized carbons (Fsp3) is 0.500. The van der Waals surface area contributed by atoms with Crippen molar-refractivity contribution in [1.29, 1.82) is 0 Å². The number of hydrogen-bond donors (Lipinski definition) is 2. The molecule has 1 aliphatic rings. The third kappa shape index (κ3) is 2.76. The zero-order valence-corrected chi connectivity index (χ0v) is 10.1. The highest BCUT2D eigenvalue weighted by atomic mass is 35.5. The number of rotatable bonds is 3. The first kappa shape index (κ1) is 11.9. The standard InChI is InChI=1S/C10H14ClN5O/c11-9-8(12)10(15-6-14-9)13-5-7(17)16-3-1-2-4-16/h6H,1-5,12H2,(H,13,14,15). The van der Waals surface area contributed by atoms with Gasteiger partial charge < -0.3 is 16.0 Å². The lowest BCUT2D eigenvalue weighted by Crippen LogP contribution is -2.33. The van der Waals surface area contributed by atoms with Crippen LogP contribution in [0.25, 0.3) is 0 Å². The number of nitrogen functional groups attached to an aromatic ring is 1. The Balaban J connectivity index is 1.93. The fourth-order valence-corrected chi connectivity index (χ4v) is 1.89. The number of aromatic nitrogens is 2. The van der Waals surface area contributed by atoms with Crippen molar-refractivity contribution in [3.8, 4) is 0 Å². The summed E-state index contributed by atoms with van der Waals surface area (Å²) >= 11 is 5.74. The van der Waals surface area contributed by atoms with Gasteiger partial charge in [0.25, 0.3) is 0 Å². The Hall–Kier alpha value is -1.56. The van der Waals surface area contributed by atoms with Crippen molar-refractivity contribution in [3.63, 3.8) is 0 Å². The summed E-state index contributed by atoms with van der Waals surface area (Å²) < 4.78 is 0. The van der Waals surface area contributed by atoms with Crippen LogP contribution in [-0.4, -0.2) is 40.4 Å². The molecule has 0 unspecified atom stereocenters. The normalized spacial score (nSPS) is 15.0. The third-order valence-corrected chi connectivity index (χ3v) is 3.00. The van der Waals surface area contributed by atoms with Gasteiger partial charge >= 0.3 is 0 Å². The molecule has 17 heavy (non-hydrogen) atoms. The van der Waals surface area contributed by atoms with Crippen molar-refractivity contribution in [2.75, 3.05) is 30.7 Å². The number of nitrogens with two attached hydrogens (primary N) is 1. The Morgan fingerprint density at radius 1 is 1.47 bits per heavy atom. The molecular weight excluding hydrogens is 242 g/mol. The Kier molecular flexibility index (Phi) is 3.63. The van der Waals surface area contributed by atoms with Gasteiger partial charge in [-0.2, -0.15) is 0 Å². The molecule has 0 aliphatic carbocycles. The molecule has 2 rings (SSSR count). The summed E-state index contributed by atoms with van der Waals surface area (Å²) in [4.78, 5) is 21.3. The maximum Gasteiger partial charge on any atom is 0.241 e. The maximum atomic E-state index is 11.8. The molecule has 6 nitrogen and oxygen atoms in total. The number of anilines is 2. The molecule has 0 aromatic carbocycles. The number of carbonyl (C=O) groups excluding carboxylic acids is 1. The molecule has 2 heterocycles. The summed E-state index contributed by atoms with van der Waals surface area (Å²) in [6, 6.07) is 0. The monoisotopic (exact) mass is 255 g/mol. The molecule has 0 spiro atoms. The molecule has 0 bridgehead atoms. The van der Waals surface area contributed by atoms with Crippen LogP contribution >= 0.6 is 11.6 Å². The van der Waals surface area contributed by atoms with Gasteiger partial charge in [0, 0.05) is 13.1 Å². The van der Waals surface area contributed by atoms with Crippen LogP contribution in [0, 0.1) is 0 Å². The Bertz CT molecular complexity index is 419. The van der Waals surface area contributed by atoms with E-state index < -0.39 is 0 Å². The van der Waals surface area contributed by atoms with E-state index in [2.05, 4.69) is 15.3 Å². The van der Waals surface area contributed by atoms with Crippen LogP contribution in [0.5, 0.6) is 0 Å². The highest BCUT2D eigenvalue weighted by molar-refractivity contribution is 6.32. The van der Waals surface area contributed by atoms with E-state index in [-0.39, 0.29) is 23.3 Å². The maximum absolute atomic E-state index is 11.8. The molecule has 1 amide bonds. The molecule has 0 radical (unpaired) electrons. The molecule has 1 saturated heterocycles. The van der Waals surface area contributed by atoms with Crippen LogP contribution in [-0.2, 0) is 4.79 Å². The smallest absolute Gasteiger partial charge is 0.241 e. The average molecular weight is 256 g/mol. The first-order chi connectivity index (χ1) is 8.18. The highest BCUT2D eigenvalue weighted by Crippen LogP contribution is 2.21. The van der Waals surface area contributed by atoms with Gasteiger partial charge in [-0.15, -0.1) is 0 Å². The Labute approximate surface area is 104 Å². The van der Waals surface area contributed by atoms with Crippen LogP contribution in [0.2, 0.25) is 5.15 Å². The number of nitrogens with zero attached hydrogens (tertiary/aromatic N) is 3. The van der Waals surface area contributed by atoms with Crippen LogP contribution < -0.4 is 11.1 Å². The van der Waals surface area contributed by atoms with E-state index in [1.54, 1.807) is 0 Å². The zero-order chi connectivity index (χ0) is 12.3. The number of likely N-dealkylation sites (tertiary alicyclic amines) is 1. The van der Waals surface area contributed by atoms with Crippen molar-refractivity contribution < 1.29 is 4.79 Å². The second-order valence-electron chi connectivity index (χ2n) is 3.87. The van der Waals surface area contributed by atoms with Crippen LogP contribution in [0.3, 0.4) is 0 Å². The van der Waals surface area contributed by atoms with Gasteiger partial charge in [-0.3, -0.25) is 4.79 Å². The summed E-state index contributed by atoms with van der Waals surface area (Å²) in [6.45, 7) is 1.85. The van der Waals surface area contributed by atoms with Gasteiger partial charge in [0.15, 0.2) is 11.0 Å². The minimum Gasteiger partial charge on any atom is -0.393 e. The van der Waals surface area contributed by atoms with E-state index in [0.717, 1.165) is 25.9 Å². The van der Waals surface area contributed by atoms with Gasteiger partial charge in [-0.1, -0.05) is 11.6 Å². The number of hydrogen-bond acceptors (Lipinski definition) is 5. The van der Waals surface area contributed by atoms with E-state index in [1.807, 2.05) is 4.90 Å². The lowest BCUT2D eigenvalue weighted by molar-refractivity contribution is -0.128. The van der Waals surface area contributed by atoms with E-state index in [4.69, 9.17) is 17.3 Å². The van der Waals surface area contributed by atoms with E-state index in [9.17, 15) is 4.79 Å². The molecule has 3 N–H and O–H groups in total. The first-order valence-electron chi connectivity index (χ1n) is 5.46. The summed E-state index contributed by atoms with van der Waals surface area (Å²) in [6.07, 6.45) is 3.46. The average Bonchev–Trinajstić information content (AvgIpc) is 2.84. The van der Waals surface area contributed by atoms with Gasteiger partial charge in [0.1, 0.15) is 12.0 Å². The molecule has 1 aromatic rings. The van der Waals surface area contributed by atoms with E-state index in [0.29, 0.717) is 5.82 Å². The van der Waals surface area contributed by atoms with Gasteiger partial charge in [-0.05, 0) is 12.8 Å². The number of halogens is 1. The lowest BCUT2D eigenvalue weighted by Gasteiger charge is -2.16. The van der Waals surface area contributed by atoms with Gasteiger partial charge in [-0.25, -0.2) is 9.97 Å². The minimum atomic E-state index is 0.0524. The molecule has 7 heteroatoms. The van der Waals surface area contributed by atoms with Gasteiger partial charge in [0.2, 0.25) is 5.91 Å². The van der Waals surface area contributed by atoms with Crippen LogP contribution in [0.15, 0.2) is 6.33 Å². The summed E-state index contributed by atoms with van der Waals surface area (Å²) in [5.74, 6) is 0.453. The second-order valence-corrected chi connectivity index (χ2v) is 4.23. The summed E-state index contributed by atoms with van der Waals surface area (Å²) in [5.41, 5.74) is 5.94. The summed E-state index contributed by atoms with van der Waals surface area (Å²) in [7, 11) is 0. The Morgan fingerprint density at radius 3 is 2.88 bits per heavy atom. The molecule has 0 atom stereocenters. The topological polar surface area (TPSA) is 84.1 Å². The Morgan fingerprint density at radius 2 is 2.18 bits per heavy atom. The van der Waals surface area contributed by atoms with E-state index in [1.165, 1.54) is 6.33 Å². The van der Waals surface area contributed by atoms with Crippen molar-refractivity contribution in [1.82, 2.24) is 14.9 Å². The second kappa shape index (κ2) is 5.18. The predicted octanol–water partition coefficient (Wildman–Crippen LogP) is 0.746. The highest BCUT2D eigenvalue weighted by Gasteiger charge is 2.17. The SMILES string of the molecule is Nc1c(Cl)ncnc1NCC(=O)N1CCCC1. The van der Waals surface area contributed by atoms with Crippen molar-refractivity contribution >= 4 is 29.0 Å². The van der Waals surface area contributed by atoms with Crippen LogP contribution in [0.4, 0.5) is 11.5 Å². The van der Waals surface area contributed by atoms with E-state index >= 15 is 0 Å². The number of amides is 1. The number of nitrogens with one attached hydrogen (secondary N) is 1. The van der Waals surface area contributed by atoms with Crippen molar-refractivity contribution in [2.45, 2.75) is 12.8 Å².